The summed E-state index contributed by atoms with van der Waals surface area (Å²) in [5.41, 5.74) is 2.08. The molecule has 0 saturated heterocycles. The van der Waals surface area contributed by atoms with Crippen molar-refractivity contribution in [3.05, 3.63) is 44.1 Å². The molecule has 0 fully saturated rings. The van der Waals surface area contributed by atoms with Gasteiger partial charge in [-0.05, 0) is 35.0 Å². The van der Waals surface area contributed by atoms with Crippen LogP contribution in [0.1, 0.15) is 21.6 Å². The van der Waals surface area contributed by atoms with Gasteiger partial charge in [0, 0.05) is 17.1 Å². The Hall–Kier alpha value is -1.01. The van der Waals surface area contributed by atoms with E-state index in [1.54, 1.807) is 7.05 Å². The van der Waals surface area contributed by atoms with E-state index in [-0.39, 0.29) is 5.78 Å². The van der Waals surface area contributed by atoms with E-state index in [1.165, 1.54) is 4.68 Å². The molecule has 0 bridgehead atoms. The molecule has 1 heterocycles. The quantitative estimate of drug-likeness (QED) is 0.775. The molecule has 0 aliphatic heterocycles. The first-order valence-corrected chi connectivity index (χ1v) is 6.45. The molecule has 0 atom stereocenters. The van der Waals surface area contributed by atoms with Gasteiger partial charge in [-0.3, -0.25) is 4.79 Å². The van der Waals surface area contributed by atoms with Crippen LogP contribution in [-0.2, 0) is 7.05 Å². The smallest absolute Gasteiger partial charge is 0.215 e. The zero-order valence-corrected chi connectivity index (χ0v) is 12.4. The Labute approximate surface area is 115 Å². The highest BCUT2D eigenvalue weighted by molar-refractivity contribution is 9.10. The fourth-order valence-electron chi connectivity index (χ4n) is 1.51. The van der Waals surface area contributed by atoms with Crippen molar-refractivity contribution in [2.24, 2.45) is 7.05 Å². The van der Waals surface area contributed by atoms with E-state index in [4.69, 9.17) is 0 Å². The molecule has 0 amide bonds. The van der Waals surface area contributed by atoms with E-state index in [9.17, 15) is 4.79 Å². The van der Waals surface area contributed by atoms with Gasteiger partial charge in [0.2, 0.25) is 5.78 Å². The second kappa shape index (κ2) is 4.70. The lowest BCUT2D eigenvalue weighted by atomic mass is 10.1. The number of ketones is 1. The monoisotopic (exact) mass is 357 g/mol. The van der Waals surface area contributed by atoms with Crippen molar-refractivity contribution < 1.29 is 4.79 Å². The Kier molecular flexibility index (Phi) is 3.44. The van der Waals surface area contributed by atoms with E-state index in [1.807, 2.05) is 25.1 Å². The molecule has 0 N–H and O–H groups in total. The summed E-state index contributed by atoms with van der Waals surface area (Å²) in [5, 5.41) is 7.61. The van der Waals surface area contributed by atoms with Crippen molar-refractivity contribution in [2.75, 3.05) is 0 Å². The number of carbonyl (C=O) groups is 1. The van der Waals surface area contributed by atoms with Crippen LogP contribution < -0.4 is 0 Å². The molecule has 2 rings (SSSR count). The minimum atomic E-state index is -0.111. The normalized spacial score (nSPS) is 10.6. The van der Waals surface area contributed by atoms with Gasteiger partial charge in [0.1, 0.15) is 5.69 Å². The van der Waals surface area contributed by atoms with Crippen LogP contribution in [0.25, 0.3) is 0 Å². The highest BCUT2D eigenvalue weighted by atomic mass is 79.9. The van der Waals surface area contributed by atoms with Gasteiger partial charge in [-0.2, -0.15) is 0 Å². The predicted octanol–water partition coefficient (Wildman–Crippen LogP) is 2.88. The molecular formula is C11H9Br2N3O. The first-order valence-electron chi connectivity index (χ1n) is 4.86. The van der Waals surface area contributed by atoms with Crippen LogP contribution in [0.3, 0.4) is 0 Å². The fourth-order valence-corrected chi connectivity index (χ4v) is 2.45. The van der Waals surface area contributed by atoms with Gasteiger partial charge >= 0.3 is 0 Å². The van der Waals surface area contributed by atoms with Gasteiger partial charge in [0.15, 0.2) is 4.60 Å². The Morgan fingerprint density at radius 2 is 2.06 bits per heavy atom. The molecule has 2 aromatic rings. The summed E-state index contributed by atoms with van der Waals surface area (Å²) >= 11 is 6.61. The zero-order chi connectivity index (χ0) is 12.6. The predicted molar refractivity (Wildman–Crippen MR) is 71.0 cm³/mol. The number of nitrogens with zero attached hydrogens (tertiary/aromatic N) is 3. The molecule has 1 aromatic carbocycles. The third-order valence-electron chi connectivity index (χ3n) is 2.37. The maximum Gasteiger partial charge on any atom is 0.215 e. The molecule has 0 unspecified atom stereocenters. The second-order valence-corrected chi connectivity index (χ2v) is 5.27. The molecule has 0 radical (unpaired) electrons. The fraction of sp³-hybridized carbons (Fsp3) is 0.182. The first kappa shape index (κ1) is 12.4. The maximum atomic E-state index is 12.4. The van der Waals surface area contributed by atoms with Gasteiger partial charge in [-0.15, -0.1) is 5.10 Å². The topological polar surface area (TPSA) is 47.8 Å². The minimum absolute atomic E-state index is 0.111. The Balaban J connectivity index is 2.55. The number of aromatic nitrogens is 3. The molecule has 1 aromatic heterocycles. The lowest BCUT2D eigenvalue weighted by Crippen LogP contribution is -2.09. The third kappa shape index (κ3) is 2.32. The van der Waals surface area contributed by atoms with Crippen LogP contribution in [0.5, 0.6) is 0 Å². The second-order valence-electron chi connectivity index (χ2n) is 3.66. The van der Waals surface area contributed by atoms with Crippen LogP contribution in [-0.4, -0.2) is 20.8 Å². The molecule has 0 aliphatic carbocycles. The van der Waals surface area contributed by atoms with E-state index in [0.29, 0.717) is 15.9 Å². The molecule has 6 heteroatoms. The minimum Gasteiger partial charge on any atom is -0.287 e. The number of hydrogen-bond donors (Lipinski definition) is 0. The summed E-state index contributed by atoms with van der Waals surface area (Å²) < 4.78 is 2.68. The van der Waals surface area contributed by atoms with Crippen molar-refractivity contribution in [3.63, 3.8) is 0 Å². The Bertz CT molecular complexity index is 573. The average Bonchev–Trinajstić information content (AvgIpc) is 2.61. The summed E-state index contributed by atoms with van der Waals surface area (Å²) in [6.07, 6.45) is 0. The summed E-state index contributed by atoms with van der Waals surface area (Å²) in [6.45, 7) is 1.94. The largest absolute Gasteiger partial charge is 0.287 e. The molecule has 0 saturated carbocycles. The van der Waals surface area contributed by atoms with E-state index < -0.39 is 0 Å². The van der Waals surface area contributed by atoms with Gasteiger partial charge in [-0.1, -0.05) is 32.8 Å². The van der Waals surface area contributed by atoms with E-state index in [2.05, 4.69) is 42.2 Å². The summed E-state index contributed by atoms with van der Waals surface area (Å²) in [6, 6.07) is 5.64. The van der Waals surface area contributed by atoms with Gasteiger partial charge in [0.05, 0.1) is 0 Å². The number of benzene rings is 1. The van der Waals surface area contributed by atoms with Crippen LogP contribution in [0, 0.1) is 6.92 Å². The summed E-state index contributed by atoms with van der Waals surface area (Å²) in [7, 11) is 1.69. The first-order chi connectivity index (χ1) is 8.00. The molecular weight excluding hydrogens is 350 g/mol. The van der Waals surface area contributed by atoms with Gasteiger partial charge < -0.3 is 0 Å². The Morgan fingerprint density at radius 3 is 2.65 bits per heavy atom. The lowest BCUT2D eigenvalue weighted by molar-refractivity contribution is 0.102. The maximum absolute atomic E-state index is 12.4. The van der Waals surface area contributed by atoms with E-state index in [0.717, 1.165) is 10.0 Å². The van der Waals surface area contributed by atoms with Gasteiger partial charge in [-0.25, -0.2) is 4.68 Å². The number of carbonyl (C=O) groups excluding carboxylic acids is 1. The number of aryl methyl sites for hydroxylation is 2. The van der Waals surface area contributed by atoms with Crippen LogP contribution in [0.2, 0.25) is 0 Å². The lowest BCUT2D eigenvalue weighted by Gasteiger charge is -2.05. The SMILES string of the molecule is Cc1ccc(Br)c(C(=O)c2c(Br)nnn2C)c1. The number of rotatable bonds is 2. The van der Waals surface area contributed by atoms with Crippen molar-refractivity contribution in [1.82, 2.24) is 15.0 Å². The van der Waals surface area contributed by atoms with Crippen LogP contribution in [0.4, 0.5) is 0 Å². The van der Waals surface area contributed by atoms with Crippen molar-refractivity contribution in [2.45, 2.75) is 6.92 Å². The highest BCUT2D eigenvalue weighted by Gasteiger charge is 2.20. The van der Waals surface area contributed by atoms with Crippen molar-refractivity contribution in [3.8, 4) is 0 Å². The van der Waals surface area contributed by atoms with Crippen LogP contribution in [0.15, 0.2) is 27.3 Å². The molecule has 0 spiro atoms. The number of halogens is 2. The molecule has 0 aliphatic rings. The van der Waals surface area contributed by atoms with E-state index >= 15 is 0 Å². The third-order valence-corrected chi connectivity index (χ3v) is 3.59. The average molecular weight is 359 g/mol. The molecule has 4 nitrogen and oxygen atoms in total. The van der Waals surface area contributed by atoms with Crippen molar-refractivity contribution >= 4 is 37.6 Å². The zero-order valence-electron chi connectivity index (χ0n) is 9.24. The molecule has 88 valence electrons. The summed E-state index contributed by atoms with van der Waals surface area (Å²) in [5.74, 6) is -0.111. The highest BCUT2D eigenvalue weighted by Crippen LogP contribution is 2.23. The van der Waals surface area contributed by atoms with Gasteiger partial charge in [0.25, 0.3) is 0 Å². The summed E-state index contributed by atoms with van der Waals surface area (Å²) in [4.78, 5) is 12.4. The van der Waals surface area contributed by atoms with Crippen molar-refractivity contribution in [1.29, 1.82) is 0 Å². The molecule has 17 heavy (non-hydrogen) atoms. The standard InChI is InChI=1S/C11H9Br2N3O/c1-6-3-4-8(12)7(5-6)10(17)9-11(13)14-15-16(9)2/h3-5H,1-2H3. The number of hydrogen-bond acceptors (Lipinski definition) is 3. The van der Waals surface area contributed by atoms with Crippen LogP contribution >= 0.6 is 31.9 Å². The Morgan fingerprint density at radius 1 is 1.35 bits per heavy atom.